The Bertz CT molecular complexity index is 2540. The normalized spacial score (nSPS) is 18.6. The number of aryl methyl sites for hydroxylation is 1. The summed E-state index contributed by atoms with van der Waals surface area (Å²) in [5.74, 6) is 0.689. The molecule has 0 atom stereocenters. The number of rotatable bonds is 8. The number of urea groups is 1. The molecule has 0 spiro atoms. The van der Waals surface area contributed by atoms with Gasteiger partial charge in [-0.15, -0.1) is 0 Å². The first kappa shape index (κ1) is 45.8. The SMILES string of the molecule is Cc1cc(N2CCN(CC3CCN(c4ccc(Nc5ncc6c(n5)CN(c5cnc7c(c5C)N(C(=O)OC(C)(C)C)CCO7)CC6)cc4C(F)(F)F)CC3)CC2)ccc1N1CCC(=O)NC1=O. The Morgan fingerprint density at radius 2 is 1.61 bits per heavy atom. The van der Waals surface area contributed by atoms with E-state index in [9.17, 15) is 27.6 Å². The van der Waals surface area contributed by atoms with E-state index in [1.165, 1.54) is 0 Å². The first-order chi connectivity index (χ1) is 32.0. The number of nitrogens with one attached hydrogen (secondary N) is 2. The van der Waals surface area contributed by atoms with Crippen LogP contribution in [0.5, 0.6) is 5.88 Å². The van der Waals surface area contributed by atoms with Crippen LogP contribution in [0, 0.1) is 19.8 Å². The summed E-state index contributed by atoms with van der Waals surface area (Å²) in [6, 6.07) is 10.0. The number of ether oxygens (including phenoxy) is 2. The molecule has 2 aromatic carbocycles. The highest BCUT2D eigenvalue weighted by molar-refractivity contribution is 6.06. The maximum absolute atomic E-state index is 14.8. The van der Waals surface area contributed by atoms with Gasteiger partial charge in [0.25, 0.3) is 0 Å². The van der Waals surface area contributed by atoms with E-state index in [2.05, 4.69) is 41.4 Å². The number of carbonyl (C=O) groups is 3. The number of halogens is 3. The summed E-state index contributed by atoms with van der Waals surface area (Å²) in [5, 5.41) is 5.43. The van der Waals surface area contributed by atoms with Gasteiger partial charge in [0, 0.05) is 99.8 Å². The van der Waals surface area contributed by atoms with Crippen molar-refractivity contribution in [1.82, 2.24) is 25.2 Å². The highest BCUT2D eigenvalue weighted by atomic mass is 19.4. The van der Waals surface area contributed by atoms with Crippen LogP contribution in [0.25, 0.3) is 0 Å². The van der Waals surface area contributed by atoms with Crippen LogP contribution in [0.4, 0.5) is 62.8 Å². The van der Waals surface area contributed by atoms with Crippen molar-refractivity contribution in [2.75, 3.05) is 102 Å². The minimum absolute atomic E-state index is 0.174. The molecule has 0 aliphatic carbocycles. The van der Waals surface area contributed by atoms with Gasteiger partial charge in [-0.2, -0.15) is 13.2 Å². The standard InChI is InChI=1S/C48H58F3N11O5/c1-30-24-35(7-9-38(30)61-17-13-41(63)56-45(61)64)58-20-18-57(19-21-58)28-32-10-14-59(15-11-32)39-8-6-34(25-36(39)48(49,50)51)54-44-53-26-33-12-16-60(29-37(33)55-44)40-27-52-43-42(31(40)2)62(22-23-66-43)46(65)67-47(3,4)5/h6-9,24-27,32H,10-23,28-29H2,1-5H3,(H,53,54,55)(H,56,63,64). The van der Waals surface area contributed by atoms with Gasteiger partial charge in [-0.05, 0) is 107 Å². The molecule has 0 radical (unpaired) electrons. The van der Waals surface area contributed by atoms with Gasteiger partial charge in [0.05, 0.1) is 36.2 Å². The second kappa shape index (κ2) is 18.4. The van der Waals surface area contributed by atoms with Gasteiger partial charge < -0.3 is 29.5 Å². The topological polar surface area (TPSA) is 152 Å². The molecule has 0 saturated carbocycles. The number of alkyl halides is 3. The minimum atomic E-state index is -4.58. The van der Waals surface area contributed by atoms with Gasteiger partial charge in [0.15, 0.2) is 0 Å². The van der Waals surface area contributed by atoms with Crippen LogP contribution in [0.15, 0.2) is 48.8 Å². The molecule has 19 heteroatoms. The fourth-order valence-electron chi connectivity index (χ4n) is 9.80. The van der Waals surface area contributed by atoms with E-state index >= 15 is 0 Å². The van der Waals surface area contributed by atoms with E-state index in [4.69, 9.17) is 14.5 Å². The monoisotopic (exact) mass is 925 g/mol. The molecule has 2 N–H and O–H groups in total. The maximum Gasteiger partial charge on any atom is 0.418 e. The lowest BCUT2D eigenvalue weighted by Crippen LogP contribution is -2.50. The molecule has 9 rings (SSSR count). The molecule has 3 fully saturated rings. The largest absolute Gasteiger partial charge is 0.474 e. The molecule has 4 aromatic rings. The van der Waals surface area contributed by atoms with Crippen LogP contribution in [0.3, 0.4) is 0 Å². The second-order valence-electron chi connectivity index (χ2n) is 19.0. The number of hydrogen-bond acceptors (Lipinski definition) is 13. The number of pyridine rings is 1. The lowest BCUT2D eigenvalue weighted by atomic mass is 9.94. The van der Waals surface area contributed by atoms with Crippen LogP contribution >= 0.6 is 0 Å². The fourth-order valence-corrected chi connectivity index (χ4v) is 9.80. The number of imide groups is 1. The van der Waals surface area contributed by atoms with Crippen molar-refractivity contribution in [2.24, 2.45) is 5.92 Å². The smallest absolute Gasteiger partial charge is 0.418 e. The molecule has 67 heavy (non-hydrogen) atoms. The van der Waals surface area contributed by atoms with Crippen LogP contribution in [-0.4, -0.2) is 116 Å². The fraction of sp³-hybridized carbons (Fsp3) is 0.500. The molecular weight excluding hydrogens is 868 g/mol. The van der Waals surface area contributed by atoms with E-state index < -0.39 is 29.5 Å². The van der Waals surface area contributed by atoms with Crippen molar-refractivity contribution in [3.05, 3.63) is 76.7 Å². The van der Waals surface area contributed by atoms with E-state index in [-0.39, 0.29) is 29.7 Å². The van der Waals surface area contributed by atoms with Crippen molar-refractivity contribution in [2.45, 2.75) is 78.6 Å². The average molecular weight is 926 g/mol. The molecule has 5 aliphatic heterocycles. The Kier molecular flexibility index (Phi) is 12.6. The average Bonchev–Trinajstić information content (AvgIpc) is 3.29. The van der Waals surface area contributed by atoms with Crippen molar-refractivity contribution < 1.29 is 37.0 Å². The van der Waals surface area contributed by atoms with E-state index in [0.29, 0.717) is 69.8 Å². The van der Waals surface area contributed by atoms with Gasteiger partial charge in [-0.25, -0.2) is 24.5 Å². The van der Waals surface area contributed by atoms with Gasteiger partial charge in [0.2, 0.25) is 17.7 Å². The quantitative estimate of drug-likeness (QED) is 0.180. The number of aromatic nitrogens is 3. The summed E-state index contributed by atoms with van der Waals surface area (Å²) in [4.78, 5) is 63.0. The predicted octanol–water partition coefficient (Wildman–Crippen LogP) is 7.43. The lowest BCUT2D eigenvalue weighted by molar-refractivity contribution is -0.137. The zero-order valence-electron chi connectivity index (χ0n) is 38.7. The summed E-state index contributed by atoms with van der Waals surface area (Å²) in [7, 11) is 0. The first-order valence-electron chi connectivity index (χ1n) is 23.1. The zero-order chi connectivity index (χ0) is 47.2. The lowest BCUT2D eigenvalue weighted by Gasteiger charge is -2.40. The van der Waals surface area contributed by atoms with E-state index in [0.717, 1.165) is 91.1 Å². The van der Waals surface area contributed by atoms with Crippen LogP contribution in [-0.2, 0) is 28.7 Å². The molecule has 2 aromatic heterocycles. The number of nitrogens with zero attached hydrogens (tertiary/aromatic N) is 9. The number of carbonyl (C=O) groups excluding carboxylic acids is 3. The maximum atomic E-state index is 14.8. The second-order valence-corrected chi connectivity index (χ2v) is 19.0. The molecule has 7 heterocycles. The molecule has 16 nitrogen and oxygen atoms in total. The van der Waals surface area contributed by atoms with Crippen LogP contribution in [0.2, 0.25) is 0 Å². The third-order valence-electron chi connectivity index (χ3n) is 13.3. The summed E-state index contributed by atoms with van der Waals surface area (Å²) in [6.07, 6.45) is 0.927. The molecule has 5 aliphatic rings. The Morgan fingerprint density at radius 1 is 0.851 bits per heavy atom. The van der Waals surface area contributed by atoms with Gasteiger partial charge in [0.1, 0.15) is 17.9 Å². The first-order valence-corrected chi connectivity index (χ1v) is 23.1. The highest BCUT2D eigenvalue weighted by Crippen LogP contribution is 2.42. The van der Waals surface area contributed by atoms with Crippen LogP contribution in [0.1, 0.15) is 68.0 Å². The van der Waals surface area contributed by atoms with Crippen LogP contribution < -0.4 is 39.9 Å². The number of hydrogen-bond donors (Lipinski definition) is 2. The third kappa shape index (κ3) is 10.0. The van der Waals surface area contributed by atoms with Gasteiger partial charge in [-0.3, -0.25) is 24.8 Å². The van der Waals surface area contributed by atoms with Crippen molar-refractivity contribution in [1.29, 1.82) is 0 Å². The van der Waals surface area contributed by atoms with Gasteiger partial charge >= 0.3 is 18.3 Å². The zero-order valence-corrected chi connectivity index (χ0v) is 38.7. The molecule has 356 valence electrons. The molecule has 0 unspecified atom stereocenters. The number of amides is 4. The number of piperazine rings is 1. The Hall–Kier alpha value is -6.37. The Labute approximate surface area is 388 Å². The van der Waals surface area contributed by atoms with Crippen molar-refractivity contribution in [3.63, 3.8) is 0 Å². The summed E-state index contributed by atoms with van der Waals surface area (Å²) < 4.78 is 55.8. The third-order valence-corrected chi connectivity index (χ3v) is 13.3. The van der Waals surface area contributed by atoms with E-state index in [1.807, 2.05) is 51.7 Å². The van der Waals surface area contributed by atoms with E-state index in [1.54, 1.807) is 34.3 Å². The number of anilines is 7. The van der Waals surface area contributed by atoms with Gasteiger partial charge in [-0.1, -0.05) is 0 Å². The summed E-state index contributed by atoms with van der Waals surface area (Å²) in [6.45, 7) is 16.8. The molecule has 3 saturated heterocycles. The molecule has 0 bridgehead atoms. The Balaban J connectivity index is 0.802. The summed E-state index contributed by atoms with van der Waals surface area (Å²) >= 11 is 0. The van der Waals surface area contributed by atoms with Crippen molar-refractivity contribution >= 4 is 58.1 Å². The number of benzene rings is 2. The minimum Gasteiger partial charge on any atom is -0.474 e. The number of fused-ring (bicyclic) bond motifs is 2. The number of piperidine rings is 1. The summed E-state index contributed by atoms with van der Waals surface area (Å²) in [5.41, 5.74) is 5.78. The molecular formula is C48H58F3N11O5. The molecule has 4 amide bonds. The highest BCUT2D eigenvalue weighted by Gasteiger charge is 2.37. The van der Waals surface area contributed by atoms with Crippen molar-refractivity contribution in [3.8, 4) is 5.88 Å². The predicted molar refractivity (Wildman–Crippen MR) is 250 cm³/mol. The Morgan fingerprint density at radius 3 is 2.33 bits per heavy atom.